The smallest absolute Gasteiger partial charge is 0.321 e. The molecule has 35 heavy (non-hydrogen) atoms. The van der Waals surface area contributed by atoms with E-state index in [1.54, 1.807) is 30.3 Å². The number of carbonyl (C=O) groups is 1. The molecular formula is C27H26ClFN2O4. The number of aliphatic carboxylic acids is 1. The highest BCUT2D eigenvalue weighted by Crippen LogP contribution is 2.37. The second kappa shape index (κ2) is 11.3. The van der Waals surface area contributed by atoms with Crippen LogP contribution < -0.4 is 14.8 Å². The number of carboxylic acids is 1. The van der Waals surface area contributed by atoms with Gasteiger partial charge in [0.25, 0.3) is 0 Å². The third-order valence-corrected chi connectivity index (χ3v) is 5.93. The van der Waals surface area contributed by atoms with Gasteiger partial charge >= 0.3 is 5.97 Å². The first-order valence-corrected chi connectivity index (χ1v) is 11.7. The molecule has 6 nitrogen and oxygen atoms in total. The molecule has 0 amide bonds. The van der Waals surface area contributed by atoms with Crippen molar-refractivity contribution in [1.82, 2.24) is 10.3 Å². The molecule has 4 rings (SSSR count). The number of aromatic nitrogens is 1. The molecule has 3 aromatic carbocycles. The largest absolute Gasteiger partial charge is 0.490 e. The van der Waals surface area contributed by atoms with E-state index in [1.165, 1.54) is 6.07 Å². The van der Waals surface area contributed by atoms with Crippen LogP contribution in [0, 0.1) is 5.82 Å². The molecular weight excluding hydrogens is 471 g/mol. The second-order valence-corrected chi connectivity index (χ2v) is 8.46. The SMILES string of the molecule is CCOc1cc(CN[C@H](Cc2c[nH]c3ccccc23)C(=O)O)cc(Cl)c1OCc1ccccc1F. The van der Waals surface area contributed by atoms with Gasteiger partial charge in [-0.1, -0.05) is 48.0 Å². The molecule has 8 heteroatoms. The number of hydrogen-bond acceptors (Lipinski definition) is 4. The Kier molecular flexibility index (Phi) is 7.90. The number of rotatable bonds is 11. The summed E-state index contributed by atoms with van der Waals surface area (Å²) in [6, 6.07) is 16.8. The molecule has 1 atom stereocenters. The van der Waals surface area contributed by atoms with Crippen molar-refractivity contribution < 1.29 is 23.8 Å². The highest BCUT2D eigenvalue weighted by Gasteiger charge is 2.20. The van der Waals surface area contributed by atoms with Crippen LogP contribution in [0.1, 0.15) is 23.6 Å². The average molecular weight is 497 g/mol. The third kappa shape index (κ3) is 5.93. The van der Waals surface area contributed by atoms with Crippen molar-refractivity contribution in [2.75, 3.05) is 6.61 Å². The van der Waals surface area contributed by atoms with Crippen molar-refractivity contribution in [3.8, 4) is 11.5 Å². The fraction of sp³-hybridized carbons (Fsp3) is 0.222. The molecule has 0 saturated carbocycles. The minimum absolute atomic E-state index is 0.00419. The number of aromatic amines is 1. The number of benzene rings is 3. The van der Waals surface area contributed by atoms with Gasteiger partial charge in [0, 0.05) is 35.6 Å². The number of H-pyrrole nitrogens is 1. The summed E-state index contributed by atoms with van der Waals surface area (Å²) < 4.78 is 25.5. The maximum Gasteiger partial charge on any atom is 0.321 e. The van der Waals surface area contributed by atoms with E-state index in [9.17, 15) is 14.3 Å². The molecule has 0 aliphatic carbocycles. The predicted octanol–water partition coefficient (Wildman–Crippen LogP) is 5.72. The summed E-state index contributed by atoms with van der Waals surface area (Å²) in [4.78, 5) is 15.1. The molecule has 1 aromatic heterocycles. The van der Waals surface area contributed by atoms with Crippen LogP contribution in [0.4, 0.5) is 4.39 Å². The van der Waals surface area contributed by atoms with Crippen LogP contribution in [0.5, 0.6) is 11.5 Å². The molecule has 0 aliphatic rings. The number of para-hydroxylation sites is 1. The van der Waals surface area contributed by atoms with Crippen molar-refractivity contribution in [2.24, 2.45) is 0 Å². The van der Waals surface area contributed by atoms with Gasteiger partial charge in [0.15, 0.2) is 11.5 Å². The molecule has 0 fully saturated rings. The molecule has 0 unspecified atom stereocenters. The van der Waals surface area contributed by atoms with Crippen molar-refractivity contribution in [3.63, 3.8) is 0 Å². The maximum absolute atomic E-state index is 14.0. The van der Waals surface area contributed by atoms with E-state index in [2.05, 4.69) is 10.3 Å². The van der Waals surface area contributed by atoms with Crippen molar-refractivity contribution >= 4 is 28.5 Å². The van der Waals surface area contributed by atoms with E-state index < -0.39 is 12.0 Å². The summed E-state index contributed by atoms with van der Waals surface area (Å²) in [6.45, 7) is 2.46. The van der Waals surface area contributed by atoms with E-state index >= 15 is 0 Å². The molecule has 0 spiro atoms. The topological polar surface area (TPSA) is 83.6 Å². The monoisotopic (exact) mass is 496 g/mol. The first-order chi connectivity index (χ1) is 17.0. The Morgan fingerprint density at radius 3 is 2.66 bits per heavy atom. The number of halogens is 2. The van der Waals surface area contributed by atoms with Crippen LogP contribution in [0.2, 0.25) is 5.02 Å². The van der Waals surface area contributed by atoms with E-state index in [0.717, 1.165) is 22.0 Å². The maximum atomic E-state index is 14.0. The Morgan fingerprint density at radius 1 is 1.11 bits per heavy atom. The van der Waals surface area contributed by atoms with Gasteiger partial charge in [-0.2, -0.15) is 0 Å². The van der Waals surface area contributed by atoms with Gasteiger partial charge in [-0.15, -0.1) is 0 Å². The van der Waals surface area contributed by atoms with E-state index in [4.69, 9.17) is 21.1 Å². The van der Waals surface area contributed by atoms with Gasteiger partial charge in [0.05, 0.1) is 11.6 Å². The quantitative estimate of drug-likeness (QED) is 0.247. The minimum atomic E-state index is -0.948. The fourth-order valence-corrected chi connectivity index (χ4v) is 4.19. The van der Waals surface area contributed by atoms with Gasteiger partial charge < -0.3 is 24.9 Å². The van der Waals surface area contributed by atoms with Gasteiger partial charge in [0.1, 0.15) is 18.5 Å². The van der Waals surface area contributed by atoms with Crippen molar-refractivity contribution in [1.29, 1.82) is 0 Å². The summed E-state index contributed by atoms with van der Waals surface area (Å²) in [7, 11) is 0. The third-order valence-electron chi connectivity index (χ3n) is 5.65. The minimum Gasteiger partial charge on any atom is -0.490 e. The predicted molar refractivity (Wildman–Crippen MR) is 134 cm³/mol. The average Bonchev–Trinajstić information content (AvgIpc) is 3.25. The number of hydrogen-bond donors (Lipinski definition) is 3. The summed E-state index contributed by atoms with van der Waals surface area (Å²) in [5, 5.41) is 14.2. The van der Waals surface area contributed by atoms with Crippen LogP contribution in [0.3, 0.4) is 0 Å². The van der Waals surface area contributed by atoms with Crippen molar-refractivity contribution in [2.45, 2.75) is 32.5 Å². The standard InChI is InChI=1S/C27H26ClFN2O4/c1-2-34-25-12-17(11-21(28)26(25)35-16-18-7-3-5-9-22(18)29)14-30-24(27(32)33)13-19-15-31-23-10-6-4-8-20(19)23/h3-12,15,24,30-31H,2,13-14,16H2,1H3,(H,32,33)/t24-/m1/s1. The van der Waals surface area contributed by atoms with Gasteiger partial charge in [-0.25, -0.2) is 4.39 Å². The Labute approximate surface area is 207 Å². The van der Waals surface area contributed by atoms with Gasteiger partial charge in [0.2, 0.25) is 0 Å². The van der Waals surface area contributed by atoms with E-state index in [0.29, 0.717) is 35.1 Å². The molecule has 3 N–H and O–H groups in total. The van der Waals surface area contributed by atoms with Crippen LogP contribution in [-0.4, -0.2) is 28.7 Å². The lowest BCUT2D eigenvalue weighted by Gasteiger charge is -2.18. The Bertz CT molecular complexity index is 1320. The molecule has 1 heterocycles. The lowest BCUT2D eigenvalue weighted by Crippen LogP contribution is -2.38. The highest BCUT2D eigenvalue weighted by atomic mass is 35.5. The highest BCUT2D eigenvalue weighted by molar-refractivity contribution is 6.32. The lowest BCUT2D eigenvalue weighted by molar-refractivity contribution is -0.139. The van der Waals surface area contributed by atoms with Gasteiger partial charge in [-0.3, -0.25) is 4.79 Å². The second-order valence-electron chi connectivity index (χ2n) is 8.05. The lowest BCUT2D eigenvalue weighted by atomic mass is 10.0. The van der Waals surface area contributed by atoms with Crippen LogP contribution in [-0.2, 0) is 24.4 Å². The summed E-state index contributed by atoms with van der Waals surface area (Å²) >= 11 is 6.49. The molecule has 0 bridgehead atoms. The Morgan fingerprint density at radius 2 is 1.89 bits per heavy atom. The zero-order valence-corrected chi connectivity index (χ0v) is 19.9. The Balaban J connectivity index is 1.48. The zero-order chi connectivity index (χ0) is 24.8. The van der Waals surface area contributed by atoms with E-state index in [-0.39, 0.29) is 19.0 Å². The molecule has 0 saturated heterocycles. The number of nitrogens with one attached hydrogen (secondary N) is 2. The molecule has 0 radical (unpaired) electrons. The summed E-state index contributed by atoms with van der Waals surface area (Å²) in [6.07, 6.45) is 2.16. The normalized spacial score (nSPS) is 12.0. The number of fused-ring (bicyclic) bond motifs is 1. The zero-order valence-electron chi connectivity index (χ0n) is 19.2. The summed E-state index contributed by atoms with van der Waals surface area (Å²) in [5.74, 6) is -0.584. The first kappa shape index (κ1) is 24.6. The number of carboxylic acid groups (broad SMARTS) is 1. The fourth-order valence-electron chi connectivity index (χ4n) is 3.90. The van der Waals surface area contributed by atoms with Gasteiger partial charge in [-0.05, 0) is 42.3 Å². The summed E-state index contributed by atoms with van der Waals surface area (Å²) in [5.41, 5.74) is 3.02. The molecule has 182 valence electrons. The first-order valence-electron chi connectivity index (χ1n) is 11.3. The van der Waals surface area contributed by atoms with E-state index in [1.807, 2.05) is 37.4 Å². The Hall–Kier alpha value is -3.55. The van der Waals surface area contributed by atoms with Crippen LogP contribution in [0.15, 0.2) is 66.9 Å². The van der Waals surface area contributed by atoms with Crippen LogP contribution >= 0.6 is 11.6 Å². The van der Waals surface area contributed by atoms with Crippen LogP contribution in [0.25, 0.3) is 10.9 Å². The number of ether oxygens (including phenoxy) is 2. The molecule has 4 aromatic rings. The van der Waals surface area contributed by atoms with Crippen molar-refractivity contribution in [3.05, 3.63) is 94.4 Å². The molecule has 0 aliphatic heterocycles.